The van der Waals surface area contributed by atoms with Crippen LogP contribution in [0.3, 0.4) is 0 Å². The number of rotatable bonds is 6. The Morgan fingerprint density at radius 3 is 2.34 bits per heavy atom. The van der Waals surface area contributed by atoms with E-state index >= 15 is 0 Å². The van der Waals surface area contributed by atoms with Gasteiger partial charge in [-0.05, 0) is 41.8 Å². The first kappa shape index (κ1) is 23.8. The fourth-order valence-corrected chi connectivity index (χ4v) is 3.99. The van der Waals surface area contributed by atoms with Crippen molar-refractivity contribution in [2.24, 2.45) is 5.92 Å². The Morgan fingerprint density at radius 2 is 1.71 bits per heavy atom. The number of hydrogen-bond acceptors (Lipinski definition) is 4. The minimum absolute atomic E-state index is 0.0884. The Morgan fingerprint density at radius 1 is 1.00 bits per heavy atom. The zero-order valence-corrected chi connectivity index (χ0v) is 18.9. The van der Waals surface area contributed by atoms with E-state index in [0.717, 1.165) is 17.7 Å². The van der Waals surface area contributed by atoms with Crippen molar-refractivity contribution in [3.05, 3.63) is 77.5 Å². The van der Waals surface area contributed by atoms with Crippen LogP contribution in [0.15, 0.2) is 54.7 Å². The molecule has 2 aromatic carbocycles. The molecule has 0 saturated heterocycles. The lowest BCUT2D eigenvalue weighted by atomic mass is 10.0. The normalized spacial score (nSPS) is 13.5. The van der Waals surface area contributed by atoms with Gasteiger partial charge in [-0.2, -0.15) is 0 Å². The van der Waals surface area contributed by atoms with Crippen LogP contribution in [-0.2, 0) is 11.3 Å². The highest BCUT2D eigenvalue weighted by Crippen LogP contribution is 2.31. The number of carbonyl (C=O) groups excluding carboxylic acids is 2. The molecule has 0 radical (unpaired) electrons. The predicted molar refractivity (Wildman–Crippen MR) is 125 cm³/mol. The topological polar surface area (TPSA) is 112 Å². The number of urea groups is 1. The molecule has 0 spiro atoms. The average molecular weight is 480 g/mol. The second kappa shape index (κ2) is 9.49. The molecule has 10 heteroatoms. The van der Waals surface area contributed by atoms with Gasteiger partial charge in [0.2, 0.25) is 0 Å². The molecule has 1 aliphatic rings. The SMILES string of the molecule is CC(C)C(C(=O)O)N1Cc2ccc(-c3ccc(NC(=O)Nc4ccc(F)c(F)c4)cn3)cc2C1=O. The third-order valence-corrected chi connectivity index (χ3v) is 5.66. The van der Waals surface area contributed by atoms with E-state index in [-0.39, 0.29) is 24.1 Å². The molecule has 180 valence electrons. The van der Waals surface area contributed by atoms with E-state index in [4.69, 9.17) is 0 Å². The number of pyridine rings is 1. The molecule has 2 heterocycles. The Hall–Kier alpha value is -4.34. The molecule has 1 unspecified atom stereocenters. The molecule has 35 heavy (non-hydrogen) atoms. The number of aromatic nitrogens is 1. The lowest BCUT2D eigenvalue weighted by Crippen LogP contribution is -2.44. The Bertz CT molecular complexity index is 1310. The minimum atomic E-state index is -1.08. The van der Waals surface area contributed by atoms with Crippen molar-refractivity contribution < 1.29 is 28.3 Å². The zero-order chi connectivity index (χ0) is 25.3. The smallest absolute Gasteiger partial charge is 0.326 e. The third-order valence-electron chi connectivity index (χ3n) is 5.66. The van der Waals surface area contributed by atoms with E-state index in [1.165, 1.54) is 17.2 Å². The van der Waals surface area contributed by atoms with Gasteiger partial charge in [0.1, 0.15) is 6.04 Å². The number of anilines is 2. The highest BCUT2D eigenvalue weighted by molar-refractivity contribution is 6.02. The van der Waals surface area contributed by atoms with Crippen molar-refractivity contribution in [3.63, 3.8) is 0 Å². The number of carboxylic acids is 1. The molecule has 1 aliphatic heterocycles. The molecule has 0 fully saturated rings. The number of carbonyl (C=O) groups is 3. The van der Waals surface area contributed by atoms with Gasteiger partial charge in [0.25, 0.3) is 5.91 Å². The fraction of sp³-hybridized carbons (Fsp3) is 0.200. The van der Waals surface area contributed by atoms with E-state index in [1.54, 1.807) is 44.2 Å². The third kappa shape index (κ3) is 4.96. The first-order valence-electron chi connectivity index (χ1n) is 10.8. The van der Waals surface area contributed by atoms with E-state index < -0.39 is 29.7 Å². The van der Waals surface area contributed by atoms with Gasteiger partial charge in [-0.25, -0.2) is 18.4 Å². The fourth-order valence-electron chi connectivity index (χ4n) is 3.99. The summed E-state index contributed by atoms with van der Waals surface area (Å²) in [5.41, 5.74) is 2.84. The van der Waals surface area contributed by atoms with Crippen molar-refractivity contribution in [1.82, 2.24) is 9.88 Å². The van der Waals surface area contributed by atoms with Crippen LogP contribution in [0.1, 0.15) is 29.8 Å². The van der Waals surface area contributed by atoms with Gasteiger partial charge in [0.15, 0.2) is 11.6 Å². The first-order valence-corrected chi connectivity index (χ1v) is 10.8. The molecule has 0 bridgehead atoms. The number of carboxylic acid groups (broad SMARTS) is 1. The van der Waals surface area contributed by atoms with Crippen molar-refractivity contribution in [1.29, 1.82) is 0 Å². The number of halogens is 2. The Kier molecular flexibility index (Phi) is 6.46. The van der Waals surface area contributed by atoms with Crippen LogP contribution in [0.5, 0.6) is 0 Å². The minimum Gasteiger partial charge on any atom is -0.480 e. The summed E-state index contributed by atoms with van der Waals surface area (Å²) in [5, 5.41) is 14.5. The van der Waals surface area contributed by atoms with Crippen LogP contribution in [0.4, 0.5) is 25.0 Å². The van der Waals surface area contributed by atoms with Crippen LogP contribution in [0.25, 0.3) is 11.3 Å². The maximum Gasteiger partial charge on any atom is 0.326 e. The lowest BCUT2D eigenvalue weighted by Gasteiger charge is -2.27. The maximum atomic E-state index is 13.3. The molecule has 4 rings (SSSR count). The van der Waals surface area contributed by atoms with Crippen molar-refractivity contribution in [2.45, 2.75) is 26.4 Å². The average Bonchev–Trinajstić information content (AvgIpc) is 3.11. The largest absolute Gasteiger partial charge is 0.480 e. The van der Waals surface area contributed by atoms with Crippen LogP contribution < -0.4 is 10.6 Å². The van der Waals surface area contributed by atoms with Crippen LogP contribution >= 0.6 is 0 Å². The van der Waals surface area contributed by atoms with Gasteiger partial charge in [0.05, 0.1) is 17.6 Å². The molecular formula is C25H22F2N4O4. The number of hydrogen-bond donors (Lipinski definition) is 3. The van der Waals surface area contributed by atoms with Gasteiger partial charge < -0.3 is 20.6 Å². The zero-order valence-electron chi connectivity index (χ0n) is 18.9. The monoisotopic (exact) mass is 480 g/mol. The van der Waals surface area contributed by atoms with E-state index in [1.807, 2.05) is 0 Å². The van der Waals surface area contributed by atoms with Crippen LogP contribution in [-0.4, -0.2) is 38.9 Å². The number of aliphatic carboxylic acids is 1. The first-order chi connectivity index (χ1) is 16.6. The number of nitrogens with zero attached hydrogens (tertiary/aromatic N) is 2. The number of nitrogens with one attached hydrogen (secondary N) is 2. The summed E-state index contributed by atoms with van der Waals surface area (Å²) in [6.07, 6.45) is 1.42. The molecule has 0 saturated carbocycles. The van der Waals surface area contributed by atoms with E-state index in [9.17, 15) is 28.3 Å². The van der Waals surface area contributed by atoms with Crippen molar-refractivity contribution in [2.75, 3.05) is 10.6 Å². The van der Waals surface area contributed by atoms with Gasteiger partial charge >= 0.3 is 12.0 Å². The molecule has 3 aromatic rings. The predicted octanol–water partition coefficient (Wildman–Crippen LogP) is 4.74. The van der Waals surface area contributed by atoms with E-state index in [2.05, 4.69) is 15.6 Å². The molecule has 3 N–H and O–H groups in total. The molecule has 8 nitrogen and oxygen atoms in total. The Balaban J connectivity index is 1.46. The molecule has 0 aliphatic carbocycles. The number of fused-ring (bicyclic) bond motifs is 1. The summed E-state index contributed by atoms with van der Waals surface area (Å²) >= 11 is 0. The standard InChI is InChI=1S/C25H22F2N4O4/c1-13(2)22(24(33)34)31-12-15-4-3-14(9-18(15)23(31)32)21-8-6-17(11-28-21)30-25(35)29-16-5-7-19(26)20(27)10-16/h3-11,13,22H,12H2,1-2H3,(H,33,34)(H2,29,30,35). The summed E-state index contributed by atoms with van der Waals surface area (Å²) < 4.78 is 26.3. The van der Waals surface area contributed by atoms with Gasteiger partial charge in [-0.3, -0.25) is 9.78 Å². The van der Waals surface area contributed by atoms with Gasteiger partial charge in [0, 0.05) is 29.4 Å². The molecule has 1 atom stereocenters. The molecule has 3 amide bonds. The summed E-state index contributed by atoms with van der Waals surface area (Å²) in [5.74, 6) is -3.72. The highest BCUT2D eigenvalue weighted by Gasteiger charge is 2.38. The van der Waals surface area contributed by atoms with Crippen LogP contribution in [0.2, 0.25) is 0 Å². The summed E-state index contributed by atoms with van der Waals surface area (Å²) in [7, 11) is 0. The van der Waals surface area contributed by atoms with E-state index in [0.29, 0.717) is 22.5 Å². The second-order valence-electron chi connectivity index (χ2n) is 8.47. The number of benzene rings is 2. The lowest BCUT2D eigenvalue weighted by molar-refractivity contribution is -0.144. The van der Waals surface area contributed by atoms with Gasteiger partial charge in [-0.1, -0.05) is 26.0 Å². The van der Waals surface area contributed by atoms with Crippen LogP contribution in [0, 0.1) is 17.6 Å². The summed E-state index contributed by atoms with van der Waals surface area (Å²) in [6.45, 7) is 3.75. The highest BCUT2D eigenvalue weighted by atomic mass is 19.2. The second-order valence-corrected chi connectivity index (χ2v) is 8.47. The molecular weight excluding hydrogens is 458 g/mol. The number of amides is 3. The van der Waals surface area contributed by atoms with Gasteiger partial charge in [-0.15, -0.1) is 0 Å². The van der Waals surface area contributed by atoms with Crippen molar-refractivity contribution in [3.8, 4) is 11.3 Å². The summed E-state index contributed by atoms with van der Waals surface area (Å²) in [6, 6.07) is 9.95. The molecule has 1 aromatic heterocycles. The Labute approximate surface area is 199 Å². The maximum absolute atomic E-state index is 13.3. The van der Waals surface area contributed by atoms with Crippen molar-refractivity contribution >= 4 is 29.3 Å². The summed E-state index contributed by atoms with van der Waals surface area (Å²) in [4.78, 5) is 42.4. The quantitative estimate of drug-likeness (QED) is 0.472.